The van der Waals surface area contributed by atoms with Gasteiger partial charge in [0.05, 0.1) is 23.4 Å². The number of hydrogen-bond acceptors (Lipinski definition) is 4. The standard InChI is InChI=1S/C17H25N3O2S/c1-4-11(2)18-17(21)15-13(10-20-5-7-22-8-6-20)16-14(19-15)9-12(3)23-16/h9,11,19H,4-8,10H2,1-3H3,(H,18,21)/t11-/m0/s1. The van der Waals surface area contributed by atoms with Crippen LogP contribution >= 0.6 is 11.3 Å². The van der Waals surface area contributed by atoms with Crippen molar-refractivity contribution < 1.29 is 9.53 Å². The van der Waals surface area contributed by atoms with E-state index in [9.17, 15) is 4.79 Å². The number of nitrogens with one attached hydrogen (secondary N) is 2. The minimum absolute atomic E-state index is 0.00339. The summed E-state index contributed by atoms with van der Waals surface area (Å²) >= 11 is 1.76. The molecule has 0 unspecified atom stereocenters. The van der Waals surface area contributed by atoms with Crippen LogP contribution in [0.5, 0.6) is 0 Å². The SMILES string of the molecule is CC[C@H](C)NC(=O)c1[nH]c2cc(C)sc2c1CN1CCOCC1. The minimum Gasteiger partial charge on any atom is -0.379 e. The van der Waals surface area contributed by atoms with Crippen LogP contribution < -0.4 is 5.32 Å². The second-order valence-electron chi connectivity index (χ2n) is 6.25. The Morgan fingerprint density at radius 1 is 1.48 bits per heavy atom. The van der Waals surface area contributed by atoms with Crippen molar-refractivity contribution in [1.82, 2.24) is 15.2 Å². The lowest BCUT2D eigenvalue weighted by Gasteiger charge is -2.26. The second kappa shape index (κ2) is 7.03. The van der Waals surface area contributed by atoms with Gasteiger partial charge in [0.2, 0.25) is 0 Å². The number of aromatic nitrogens is 1. The fourth-order valence-corrected chi connectivity index (χ4v) is 3.89. The maximum Gasteiger partial charge on any atom is 0.268 e. The third-order valence-corrected chi connectivity index (χ3v) is 5.50. The first-order chi connectivity index (χ1) is 11.1. The lowest BCUT2D eigenvalue weighted by molar-refractivity contribution is 0.0342. The van der Waals surface area contributed by atoms with Gasteiger partial charge in [0, 0.05) is 36.1 Å². The molecule has 5 nitrogen and oxygen atoms in total. The molecule has 6 heteroatoms. The van der Waals surface area contributed by atoms with Gasteiger partial charge in [-0.05, 0) is 26.3 Å². The highest BCUT2D eigenvalue weighted by Crippen LogP contribution is 2.31. The maximum absolute atomic E-state index is 12.6. The number of rotatable bonds is 5. The Bertz CT molecular complexity index is 685. The molecule has 1 aliphatic heterocycles. The lowest BCUT2D eigenvalue weighted by Crippen LogP contribution is -2.37. The predicted octanol–water partition coefficient (Wildman–Crippen LogP) is 2.90. The highest BCUT2D eigenvalue weighted by molar-refractivity contribution is 7.19. The molecule has 1 atom stereocenters. The summed E-state index contributed by atoms with van der Waals surface area (Å²) in [5, 5.41) is 3.08. The Hall–Kier alpha value is -1.37. The number of hydrogen-bond donors (Lipinski definition) is 2. The number of fused-ring (bicyclic) bond motifs is 1. The van der Waals surface area contributed by atoms with Crippen molar-refractivity contribution in [2.45, 2.75) is 39.8 Å². The number of morpholine rings is 1. The van der Waals surface area contributed by atoms with Crippen molar-refractivity contribution in [3.63, 3.8) is 0 Å². The smallest absolute Gasteiger partial charge is 0.268 e. The molecule has 2 aromatic heterocycles. The van der Waals surface area contributed by atoms with Crippen molar-refractivity contribution in [3.8, 4) is 0 Å². The number of aromatic amines is 1. The van der Waals surface area contributed by atoms with Crippen LogP contribution in [0, 0.1) is 6.92 Å². The van der Waals surface area contributed by atoms with E-state index < -0.39 is 0 Å². The number of nitrogens with zero attached hydrogens (tertiary/aromatic N) is 1. The fourth-order valence-electron chi connectivity index (χ4n) is 2.88. The van der Waals surface area contributed by atoms with Gasteiger partial charge in [0.15, 0.2) is 0 Å². The van der Waals surface area contributed by atoms with E-state index in [4.69, 9.17) is 4.74 Å². The molecule has 1 fully saturated rings. The number of thiophene rings is 1. The summed E-state index contributed by atoms with van der Waals surface area (Å²) in [6.07, 6.45) is 0.929. The number of aryl methyl sites for hydroxylation is 1. The molecule has 23 heavy (non-hydrogen) atoms. The van der Waals surface area contributed by atoms with E-state index in [1.807, 2.05) is 6.92 Å². The molecule has 0 bridgehead atoms. The van der Waals surface area contributed by atoms with Gasteiger partial charge >= 0.3 is 0 Å². The van der Waals surface area contributed by atoms with Crippen LogP contribution in [0.3, 0.4) is 0 Å². The summed E-state index contributed by atoms with van der Waals surface area (Å²) in [7, 11) is 0. The monoisotopic (exact) mass is 335 g/mol. The van der Waals surface area contributed by atoms with Crippen LogP contribution in [0.2, 0.25) is 0 Å². The zero-order valence-corrected chi connectivity index (χ0v) is 14.9. The van der Waals surface area contributed by atoms with Gasteiger partial charge in [-0.2, -0.15) is 0 Å². The molecule has 126 valence electrons. The van der Waals surface area contributed by atoms with E-state index in [-0.39, 0.29) is 11.9 Å². The number of H-pyrrole nitrogens is 1. The van der Waals surface area contributed by atoms with E-state index in [1.54, 1.807) is 11.3 Å². The third kappa shape index (κ3) is 3.59. The van der Waals surface area contributed by atoms with Crippen LogP contribution in [0.25, 0.3) is 10.2 Å². The van der Waals surface area contributed by atoms with Crippen LogP contribution in [0.4, 0.5) is 0 Å². The van der Waals surface area contributed by atoms with Crippen LogP contribution in [-0.4, -0.2) is 48.1 Å². The van der Waals surface area contributed by atoms with Crippen molar-refractivity contribution >= 4 is 27.5 Å². The summed E-state index contributed by atoms with van der Waals surface area (Å²) in [4.78, 5) is 19.6. The highest BCUT2D eigenvalue weighted by Gasteiger charge is 2.23. The Balaban J connectivity index is 1.91. The summed E-state index contributed by atoms with van der Waals surface area (Å²) in [6, 6.07) is 2.31. The van der Waals surface area contributed by atoms with E-state index in [2.05, 4.69) is 35.1 Å². The van der Waals surface area contributed by atoms with Gasteiger partial charge in [0.1, 0.15) is 5.69 Å². The van der Waals surface area contributed by atoms with Gasteiger partial charge in [0.25, 0.3) is 5.91 Å². The molecule has 0 saturated carbocycles. The molecule has 3 rings (SSSR count). The van der Waals surface area contributed by atoms with Crippen LogP contribution in [0.15, 0.2) is 6.07 Å². The molecule has 0 aromatic carbocycles. The highest BCUT2D eigenvalue weighted by atomic mass is 32.1. The van der Waals surface area contributed by atoms with Crippen molar-refractivity contribution in [2.75, 3.05) is 26.3 Å². The van der Waals surface area contributed by atoms with Gasteiger partial charge < -0.3 is 15.0 Å². The first-order valence-corrected chi connectivity index (χ1v) is 9.12. The molecular formula is C17H25N3O2S. The number of amides is 1. The van der Waals surface area contributed by atoms with Crippen LogP contribution in [-0.2, 0) is 11.3 Å². The second-order valence-corrected chi connectivity index (χ2v) is 7.51. The molecule has 3 heterocycles. The number of ether oxygens (including phenoxy) is 1. The zero-order valence-electron chi connectivity index (χ0n) is 14.1. The summed E-state index contributed by atoms with van der Waals surface area (Å²) < 4.78 is 6.64. The molecule has 1 amide bonds. The third-order valence-electron chi connectivity index (χ3n) is 4.39. The van der Waals surface area contributed by atoms with E-state index >= 15 is 0 Å². The Labute approximate surface area is 141 Å². The van der Waals surface area contributed by atoms with Gasteiger partial charge in [-0.3, -0.25) is 9.69 Å². The minimum atomic E-state index is 0.00339. The summed E-state index contributed by atoms with van der Waals surface area (Å²) in [5.41, 5.74) is 2.92. The average Bonchev–Trinajstić information content (AvgIpc) is 3.05. The van der Waals surface area contributed by atoms with E-state index in [1.165, 1.54) is 9.58 Å². The molecule has 1 aliphatic rings. The predicted molar refractivity (Wildman–Crippen MR) is 94.2 cm³/mol. The fraction of sp³-hybridized carbons (Fsp3) is 0.588. The topological polar surface area (TPSA) is 57.4 Å². The van der Waals surface area contributed by atoms with Crippen LogP contribution in [0.1, 0.15) is 41.2 Å². The lowest BCUT2D eigenvalue weighted by atomic mass is 10.2. The van der Waals surface area contributed by atoms with E-state index in [0.717, 1.165) is 56.0 Å². The molecule has 0 radical (unpaired) electrons. The van der Waals surface area contributed by atoms with Gasteiger partial charge in [-0.1, -0.05) is 6.92 Å². The number of carbonyl (C=O) groups excluding carboxylic acids is 1. The van der Waals surface area contributed by atoms with Gasteiger partial charge in [-0.25, -0.2) is 0 Å². The Morgan fingerprint density at radius 2 is 2.22 bits per heavy atom. The molecule has 0 aliphatic carbocycles. The summed E-state index contributed by atoms with van der Waals surface area (Å²) in [6.45, 7) is 10.4. The molecule has 1 saturated heterocycles. The normalized spacial score (nSPS) is 17.5. The average molecular weight is 335 g/mol. The first kappa shape index (κ1) is 16.5. The van der Waals surface area contributed by atoms with Crippen molar-refractivity contribution in [3.05, 3.63) is 22.2 Å². The van der Waals surface area contributed by atoms with E-state index in [0.29, 0.717) is 0 Å². The molecule has 0 spiro atoms. The Morgan fingerprint density at radius 3 is 2.91 bits per heavy atom. The quantitative estimate of drug-likeness (QED) is 0.883. The number of carbonyl (C=O) groups is 1. The first-order valence-electron chi connectivity index (χ1n) is 8.30. The largest absolute Gasteiger partial charge is 0.379 e. The molecular weight excluding hydrogens is 310 g/mol. The maximum atomic E-state index is 12.6. The van der Waals surface area contributed by atoms with Gasteiger partial charge in [-0.15, -0.1) is 11.3 Å². The van der Waals surface area contributed by atoms with Crippen molar-refractivity contribution in [1.29, 1.82) is 0 Å². The zero-order chi connectivity index (χ0) is 16.4. The Kier molecular flexibility index (Phi) is 5.04. The molecule has 2 N–H and O–H groups in total. The van der Waals surface area contributed by atoms with Crippen molar-refractivity contribution in [2.24, 2.45) is 0 Å². The summed E-state index contributed by atoms with van der Waals surface area (Å²) in [5.74, 6) is 0.00339. The molecule has 2 aromatic rings.